The summed E-state index contributed by atoms with van der Waals surface area (Å²) >= 11 is 0. The van der Waals surface area contributed by atoms with Gasteiger partial charge in [0.15, 0.2) is 0 Å². The molecule has 0 saturated carbocycles. The van der Waals surface area contributed by atoms with E-state index in [1.54, 1.807) is 0 Å². The number of rotatable bonds is 3. The highest BCUT2D eigenvalue weighted by molar-refractivity contribution is 5.75. The molecule has 0 aliphatic rings. The fraction of sp³-hybridized carbons (Fsp3) is 0.235. The molecule has 0 saturated heterocycles. The lowest BCUT2D eigenvalue weighted by molar-refractivity contribution is 0.834. The molecular formula is C17H19N3. The van der Waals surface area contributed by atoms with E-state index in [2.05, 4.69) is 66.1 Å². The van der Waals surface area contributed by atoms with Gasteiger partial charge in [0.05, 0.1) is 17.6 Å². The maximum Gasteiger partial charge on any atom is 0.128 e. The number of imidazole rings is 1. The summed E-state index contributed by atoms with van der Waals surface area (Å²) in [5.41, 5.74) is 5.92. The first-order valence-corrected chi connectivity index (χ1v) is 6.86. The normalized spacial score (nSPS) is 10.9. The molecule has 3 rings (SSSR count). The van der Waals surface area contributed by atoms with Crippen LogP contribution < -0.4 is 5.32 Å². The van der Waals surface area contributed by atoms with Gasteiger partial charge in [0.1, 0.15) is 5.82 Å². The van der Waals surface area contributed by atoms with Crippen LogP contribution in [0.4, 0.5) is 5.69 Å². The van der Waals surface area contributed by atoms with E-state index in [-0.39, 0.29) is 0 Å². The highest BCUT2D eigenvalue weighted by atomic mass is 15.1. The molecule has 1 aromatic heterocycles. The zero-order chi connectivity index (χ0) is 14.1. The highest BCUT2D eigenvalue weighted by Gasteiger charge is 2.06. The van der Waals surface area contributed by atoms with Crippen molar-refractivity contribution in [3.63, 3.8) is 0 Å². The summed E-state index contributed by atoms with van der Waals surface area (Å²) in [6, 6.07) is 14.7. The molecule has 0 aliphatic heterocycles. The number of anilines is 1. The van der Waals surface area contributed by atoms with Crippen LogP contribution in [0, 0.1) is 13.8 Å². The topological polar surface area (TPSA) is 29.9 Å². The Morgan fingerprint density at radius 3 is 2.45 bits per heavy atom. The van der Waals surface area contributed by atoms with Crippen LogP contribution in [0.1, 0.15) is 17.0 Å². The first-order valence-electron chi connectivity index (χ1n) is 6.86. The number of nitrogens with one attached hydrogen (secondary N) is 1. The quantitative estimate of drug-likeness (QED) is 0.780. The van der Waals surface area contributed by atoms with Crippen LogP contribution in [0.2, 0.25) is 0 Å². The molecule has 0 amide bonds. The third-order valence-corrected chi connectivity index (χ3v) is 3.55. The van der Waals surface area contributed by atoms with Crippen LogP contribution in [0.3, 0.4) is 0 Å². The van der Waals surface area contributed by atoms with E-state index in [0.717, 1.165) is 23.6 Å². The van der Waals surface area contributed by atoms with Gasteiger partial charge >= 0.3 is 0 Å². The van der Waals surface area contributed by atoms with Crippen molar-refractivity contribution in [2.75, 3.05) is 5.32 Å². The molecule has 3 nitrogen and oxygen atoms in total. The Bertz CT molecular complexity index is 736. The molecule has 0 aliphatic carbocycles. The third-order valence-electron chi connectivity index (χ3n) is 3.55. The summed E-state index contributed by atoms with van der Waals surface area (Å²) in [6.45, 7) is 4.97. The van der Waals surface area contributed by atoms with Crippen molar-refractivity contribution < 1.29 is 0 Å². The van der Waals surface area contributed by atoms with Gasteiger partial charge in [0.25, 0.3) is 0 Å². The van der Waals surface area contributed by atoms with E-state index in [0.29, 0.717) is 0 Å². The molecule has 0 fully saturated rings. The summed E-state index contributed by atoms with van der Waals surface area (Å²) in [5.74, 6) is 1.05. The van der Waals surface area contributed by atoms with Crippen LogP contribution >= 0.6 is 0 Å². The molecule has 1 heterocycles. The van der Waals surface area contributed by atoms with Crippen LogP contribution in [-0.4, -0.2) is 9.55 Å². The number of aromatic nitrogens is 2. The zero-order valence-corrected chi connectivity index (χ0v) is 12.1. The lowest BCUT2D eigenvalue weighted by atomic mass is 10.1. The van der Waals surface area contributed by atoms with E-state index in [1.807, 2.05) is 12.1 Å². The number of hydrogen-bond acceptors (Lipinski definition) is 2. The summed E-state index contributed by atoms with van der Waals surface area (Å²) in [6.07, 6.45) is 0. The first kappa shape index (κ1) is 12.7. The van der Waals surface area contributed by atoms with Gasteiger partial charge in [-0.25, -0.2) is 4.98 Å². The Hall–Kier alpha value is -2.29. The van der Waals surface area contributed by atoms with Crippen molar-refractivity contribution >= 4 is 16.7 Å². The van der Waals surface area contributed by atoms with E-state index in [1.165, 1.54) is 16.6 Å². The van der Waals surface area contributed by atoms with Crippen molar-refractivity contribution in [3.05, 3.63) is 59.4 Å². The number of aryl methyl sites for hydroxylation is 3. The van der Waals surface area contributed by atoms with Crippen LogP contribution in [-0.2, 0) is 13.6 Å². The molecule has 102 valence electrons. The minimum absolute atomic E-state index is 0.730. The predicted octanol–water partition coefficient (Wildman–Crippen LogP) is 3.80. The van der Waals surface area contributed by atoms with E-state index >= 15 is 0 Å². The Balaban J connectivity index is 1.84. The number of fused-ring (bicyclic) bond motifs is 1. The molecular weight excluding hydrogens is 246 g/mol. The van der Waals surface area contributed by atoms with Gasteiger partial charge in [-0.3, -0.25) is 0 Å². The minimum atomic E-state index is 0.730. The first-order chi connectivity index (χ1) is 9.63. The van der Waals surface area contributed by atoms with E-state index in [4.69, 9.17) is 0 Å². The Morgan fingerprint density at radius 1 is 1.05 bits per heavy atom. The molecule has 20 heavy (non-hydrogen) atoms. The SMILES string of the molecule is Cc1cc(C)cc(NCc2nc3ccccc3n2C)c1. The third kappa shape index (κ3) is 2.39. The monoisotopic (exact) mass is 265 g/mol. The van der Waals surface area contributed by atoms with Gasteiger partial charge in [-0.15, -0.1) is 0 Å². The standard InChI is InChI=1S/C17H19N3/c1-12-8-13(2)10-14(9-12)18-11-17-19-15-6-4-5-7-16(15)20(17)3/h4-10,18H,11H2,1-3H3. The molecule has 0 unspecified atom stereocenters. The molecule has 0 atom stereocenters. The second kappa shape index (κ2) is 5.00. The second-order valence-electron chi connectivity index (χ2n) is 5.31. The number of hydrogen-bond donors (Lipinski definition) is 1. The van der Waals surface area contributed by atoms with Gasteiger partial charge in [0, 0.05) is 12.7 Å². The molecule has 0 bridgehead atoms. The summed E-state index contributed by atoms with van der Waals surface area (Å²) in [5, 5.41) is 3.46. The summed E-state index contributed by atoms with van der Waals surface area (Å²) in [4.78, 5) is 4.67. The van der Waals surface area contributed by atoms with E-state index < -0.39 is 0 Å². The predicted molar refractivity (Wildman–Crippen MR) is 84.0 cm³/mol. The highest BCUT2D eigenvalue weighted by Crippen LogP contribution is 2.17. The Labute approximate surface area is 119 Å². The fourth-order valence-corrected chi connectivity index (χ4v) is 2.61. The van der Waals surface area contributed by atoms with Gasteiger partial charge in [-0.05, 0) is 49.2 Å². The number of nitrogens with zero attached hydrogens (tertiary/aromatic N) is 2. The number of para-hydroxylation sites is 2. The molecule has 3 heteroatoms. The molecule has 3 aromatic rings. The lowest BCUT2D eigenvalue weighted by Gasteiger charge is -2.08. The Kier molecular flexibility index (Phi) is 3.18. The molecule has 2 aromatic carbocycles. The van der Waals surface area contributed by atoms with Crippen LogP contribution in [0.25, 0.3) is 11.0 Å². The average Bonchev–Trinajstić information content (AvgIpc) is 2.73. The zero-order valence-electron chi connectivity index (χ0n) is 12.1. The smallest absolute Gasteiger partial charge is 0.128 e. The van der Waals surface area contributed by atoms with Gasteiger partial charge < -0.3 is 9.88 Å². The van der Waals surface area contributed by atoms with Crippen molar-refractivity contribution in [3.8, 4) is 0 Å². The van der Waals surface area contributed by atoms with Crippen LogP contribution in [0.5, 0.6) is 0 Å². The average molecular weight is 265 g/mol. The fourth-order valence-electron chi connectivity index (χ4n) is 2.61. The lowest BCUT2D eigenvalue weighted by Crippen LogP contribution is -2.06. The van der Waals surface area contributed by atoms with Crippen molar-refractivity contribution in [2.45, 2.75) is 20.4 Å². The molecule has 0 radical (unpaired) electrons. The summed E-state index contributed by atoms with van der Waals surface area (Å²) < 4.78 is 2.14. The minimum Gasteiger partial charge on any atom is -0.378 e. The Morgan fingerprint density at radius 2 is 1.75 bits per heavy atom. The molecule has 0 spiro atoms. The maximum absolute atomic E-state index is 4.67. The largest absolute Gasteiger partial charge is 0.378 e. The second-order valence-corrected chi connectivity index (χ2v) is 5.31. The van der Waals surface area contributed by atoms with Gasteiger partial charge in [0.2, 0.25) is 0 Å². The number of benzene rings is 2. The van der Waals surface area contributed by atoms with Gasteiger partial charge in [-0.2, -0.15) is 0 Å². The van der Waals surface area contributed by atoms with Crippen molar-refractivity contribution in [1.29, 1.82) is 0 Å². The summed E-state index contributed by atoms with van der Waals surface area (Å²) in [7, 11) is 2.06. The van der Waals surface area contributed by atoms with Gasteiger partial charge in [-0.1, -0.05) is 18.2 Å². The molecule has 1 N–H and O–H groups in total. The van der Waals surface area contributed by atoms with Crippen LogP contribution in [0.15, 0.2) is 42.5 Å². The maximum atomic E-state index is 4.67. The van der Waals surface area contributed by atoms with E-state index in [9.17, 15) is 0 Å². The van der Waals surface area contributed by atoms with Crippen molar-refractivity contribution in [2.24, 2.45) is 7.05 Å². The van der Waals surface area contributed by atoms with Crippen molar-refractivity contribution in [1.82, 2.24) is 9.55 Å².